The summed E-state index contributed by atoms with van der Waals surface area (Å²) in [6.45, 7) is 5.18. The molecule has 1 saturated carbocycles. The van der Waals surface area contributed by atoms with Gasteiger partial charge in [0.05, 0.1) is 0 Å². The lowest BCUT2D eigenvalue weighted by Gasteiger charge is -2.17. The Balaban J connectivity index is 1.61. The van der Waals surface area contributed by atoms with Gasteiger partial charge < -0.3 is 11.1 Å². The fourth-order valence-electron chi connectivity index (χ4n) is 3.39. The first-order chi connectivity index (χ1) is 9.72. The lowest BCUT2D eigenvalue weighted by Crippen LogP contribution is -2.37. The maximum atomic E-state index is 12.0. The number of rotatable bonds is 9. The molecule has 1 aliphatic carbocycles. The third-order valence-corrected chi connectivity index (χ3v) is 4.70. The second-order valence-corrected chi connectivity index (χ2v) is 6.55. The molecule has 2 fully saturated rings. The molecule has 2 rings (SSSR count). The summed E-state index contributed by atoms with van der Waals surface area (Å²) in [7, 11) is 0. The Morgan fingerprint density at radius 2 is 2.10 bits per heavy atom. The van der Waals surface area contributed by atoms with Crippen molar-refractivity contribution in [3.8, 4) is 0 Å². The van der Waals surface area contributed by atoms with E-state index in [0.717, 1.165) is 38.4 Å². The normalized spacial score (nSPS) is 24.8. The summed E-state index contributed by atoms with van der Waals surface area (Å²) >= 11 is 0. The molecule has 0 aromatic rings. The van der Waals surface area contributed by atoms with Crippen molar-refractivity contribution in [2.24, 2.45) is 11.7 Å². The number of nitrogens with zero attached hydrogens (tertiary/aromatic N) is 1. The van der Waals surface area contributed by atoms with Crippen LogP contribution in [0.4, 0.5) is 0 Å². The summed E-state index contributed by atoms with van der Waals surface area (Å²) in [5, 5.41) is 3.22. The number of amides is 1. The number of carbonyl (C=O) groups excluding carboxylic acids is 1. The van der Waals surface area contributed by atoms with Crippen molar-refractivity contribution >= 4 is 5.91 Å². The quantitative estimate of drug-likeness (QED) is 0.678. The highest BCUT2D eigenvalue weighted by Gasteiger charge is 2.34. The third-order valence-electron chi connectivity index (χ3n) is 4.70. The van der Waals surface area contributed by atoms with Gasteiger partial charge in [-0.1, -0.05) is 19.8 Å². The van der Waals surface area contributed by atoms with Crippen LogP contribution in [0.1, 0.15) is 58.3 Å². The standard InChI is InChI=1S/C16H31N3O/c1-2-3-13(8-10-17)4-7-16(20)18-14-9-11-19(12-14)15-5-6-15/h13-15H,2-12,17H2,1H3,(H,18,20). The number of hydrogen-bond donors (Lipinski definition) is 2. The van der Waals surface area contributed by atoms with Gasteiger partial charge in [0.15, 0.2) is 0 Å². The van der Waals surface area contributed by atoms with Crippen LogP contribution in [0.15, 0.2) is 0 Å². The lowest BCUT2D eigenvalue weighted by molar-refractivity contribution is -0.122. The van der Waals surface area contributed by atoms with Crippen molar-refractivity contribution in [2.75, 3.05) is 19.6 Å². The second-order valence-electron chi connectivity index (χ2n) is 6.55. The molecule has 0 aromatic heterocycles. The van der Waals surface area contributed by atoms with E-state index in [2.05, 4.69) is 17.1 Å². The molecular weight excluding hydrogens is 250 g/mol. The molecule has 2 unspecified atom stereocenters. The summed E-state index contributed by atoms with van der Waals surface area (Å²) in [4.78, 5) is 14.6. The van der Waals surface area contributed by atoms with Crippen molar-refractivity contribution in [1.82, 2.24) is 10.2 Å². The zero-order chi connectivity index (χ0) is 14.4. The molecule has 20 heavy (non-hydrogen) atoms. The number of likely N-dealkylation sites (tertiary alicyclic amines) is 1. The Morgan fingerprint density at radius 1 is 1.30 bits per heavy atom. The van der Waals surface area contributed by atoms with Gasteiger partial charge >= 0.3 is 0 Å². The average molecular weight is 281 g/mol. The van der Waals surface area contributed by atoms with Crippen LogP contribution >= 0.6 is 0 Å². The smallest absolute Gasteiger partial charge is 0.220 e. The van der Waals surface area contributed by atoms with E-state index in [1.807, 2.05) is 0 Å². The van der Waals surface area contributed by atoms with E-state index in [1.54, 1.807) is 0 Å². The molecule has 2 atom stereocenters. The predicted molar refractivity (Wildman–Crippen MR) is 82.4 cm³/mol. The van der Waals surface area contributed by atoms with Crippen LogP contribution in [0, 0.1) is 5.92 Å². The van der Waals surface area contributed by atoms with Crippen LogP contribution in [-0.4, -0.2) is 42.5 Å². The predicted octanol–water partition coefficient (Wildman–Crippen LogP) is 1.88. The van der Waals surface area contributed by atoms with Crippen molar-refractivity contribution < 1.29 is 4.79 Å². The van der Waals surface area contributed by atoms with Crippen LogP contribution in [0.5, 0.6) is 0 Å². The first kappa shape index (κ1) is 15.8. The Hall–Kier alpha value is -0.610. The van der Waals surface area contributed by atoms with E-state index in [0.29, 0.717) is 18.4 Å². The molecule has 116 valence electrons. The molecule has 2 aliphatic rings. The van der Waals surface area contributed by atoms with E-state index in [9.17, 15) is 4.79 Å². The van der Waals surface area contributed by atoms with Gasteiger partial charge in [-0.3, -0.25) is 9.69 Å². The van der Waals surface area contributed by atoms with Crippen LogP contribution in [0.2, 0.25) is 0 Å². The maximum Gasteiger partial charge on any atom is 0.220 e. The highest BCUT2D eigenvalue weighted by molar-refractivity contribution is 5.76. The largest absolute Gasteiger partial charge is 0.352 e. The molecular formula is C16H31N3O. The molecule has 0 bridgehead atoms. The summed E-state index contributed by atoms with van der Waals surface area (Å²) in [5.74, 6) is 0.869. The summed E-state index contributed by atoms with van der Waals surface area (Å²) in [6, 6.07) is 1.22. The van der Waals surface area contributed by atoms with Crippen LogP contribution in [0.25, 0.3) is 0 Å². The molecule has 1 aliphatic heterocycles. The molecule has 0 aromatic carbocycles. The Bertz CT molecular complexity index is 298. The molecule has 1 heterocycles. The van der Waals surface area contributed by atoms with Gasteiger partial charge in [0.1, 0.15) is 0 Å². The summed E-state index contributed by atoms with van der Waals surface area (Å²) < 4.78 is 0. The fourth-order valence-corrected chi connectivity index (χ4v) is 3.39. The SMILES string of the molecule is CCCC(CCN)CCC(=O)NC1CCN(C2CC2)C1. The Morgan fingerprint density at radius 3 is 2.75 bits per heavy atom. The van der Waals surface area contributed by atoms with E-state index in [-0.39, 0.29) is 5.91 Å². The molecule has 1 amide bonds. The van der Waals surface area contributed by atoms with Gasteiger partial charge in [-0.15, -0.1) is 0 Å². The minimum Gasteiger partial charge on any atom is -0.352 e. The Labute approximate surface area is 123 Å². The minimum absolute atomic E-state index is 0.241. The number of hydrogen-bond acceptors (Lipinski definition) is 3. The minimum atomic E-state index is 0.241. The van der Waals surface area contributed by atoms with Gasteiger partial charge in [-0.05, 0) is 44.6 Å². The topological polar surface area (TPSA) is 58.4 Å². The molecule has 4 nitrogen and oxygen atoms in total. The molecule has 1 saturated heterocycles. The van der Waals surface area contributed by atoms with Gasteiger partial charge in [-0.25, -0.2) is 0 Å². The number of nitrogens with one attached hydrogen (secondary N) is 1. The highest BCUT2D eigenvalue weighted by atomic mass is 16.1. The monoisotopic (exact) mass is 281 g/mol. The van der Waals surface area contributed by atoms with Gasteiger partial charge in [0.2, 0.25) is 5.91 Å². The third kappa shape index (κ3) is 5.06. The first-order valence-corrected chi connectivity index (χ1v) is 8.46. The Kier molecular flexibility index (Phi) is 6.30. The summed E-state index contributed by atoms with van der Waals surface area (Å²) in [6.07, 6.45) is 8.95. The van der Waals surface area contributed by atoms with Crippen LogP contribution in [0.3, 0.4) is 0 Å². The van der Waals surface area contributed by atoms with Crippen LogP contribution in [-0.2, 0) is 4.79 Å². The number of carbonyl (C=O) groups is 1. The molecule has 0 spiro atoms. The van der Waals surface area contributed by atoms with E-state index < -0.39 is 0 Å². The zero-order valence-electron chi connectivity index (χ0n) is 12.9. The van der Waals surface area contributed by atoms with Crippen molar-refractivity contribution in [3.05, 3.63) is 0 Å². The molecule has 3 N–H and O–H groups in total. The zero-order valence-corrected chi connectivity index (χ0v) is 12.9. The van der Waals surface area contributed by atoms with Crippen LogP contribution < -0.4 is 11.1 Å². The molecule has 0 radical (unpaired) electrons. The lowest BCUT2D eigenvalue weighted by atomic mass is 9.94. The van der Waals surface area contributed by atoms with Gasteiger partial charge in [0, 0.05) is 31.6 Å². The first-order valence-electron chi connectivity index (χ1n) is 8.46. The van der Waals surface area contributed by atoms with E-state index >= 15 is 0 Å². The highest BCUT2D eigenvalue weighted by Crippen LogP contribution is 2.29. The van der Waals surface area contributed by atoms with Crippen molar-refractivity contribution in [1.29, 1.82) is 0 Å². The number of nitrogens with two attached hydrogens (primary N) is 1. The average Bonchev–Trinajstić information content (AvgIpc) is 3.18. The van der Waals surface area contributed by atoms with E-state index in [1.165, 1.54) is 32.2 Å². The summed E-state index contributed by atoms with van der Waals surface area (Å²) in [5.41, 5.74) is 5.64. The van der Waals surface area contributed by atoms with E-state index in [4.69, 9.17) is 5.73 Å². The second kappa shape index (κ2) is 7.99. The van der Waals surface area contributed by atoms with Gasteiger partial charge in [-0.2, -0.15) is 0 Å². The molecule has 4 heteroatoms. The van der Waals surface area contributed by atoms with Crippen molar-refractivity contribution in [3.63, 3.8) is 0 Å². The maximum absolute atomic E-state index is 12.0. The van der Waals surface area contributed by atoms with Crippen molar-refractivity contribution in [2.45, 2.75) is 70.4 Å². The fraction of sp³-hybridized carbons (Fsp3) is 0.938. The van der Waals surface area contributed by atoms with Gasteiger partial charge in [0.25, 0.3) is 0 Å².